The van der Waals surface area contributed by atoms with E-state index in [1.54, 1.807) is 0 Å². The smallest absolute Gasteiger partial charge is 0.282 e. The van der Waals surface area contributed by atoms with Gasteiger partial charge >= 0.3 is 0 Å². The first-order valence-electron chi connectivity index (χ1n) is 6.42. The predicted molar refractivity (Wildman–Crippen MR) is 76.2 cm³/mol. The van der Waals surface area contributed by atoms with Crippen LogP contribution in [0.3, 0.4) is 0 Å². The molecule has 0 aliphatic rings. The summed E-state index contributed by atoms with van der Waals surface area (Å²) in [6, 6.07) is 8.02. The molecule has 0 saturated carbocycles. The molecule has 2 aromatic rings. The number of rotatable bonds is 5. The summed E-state index contributed by atoms with van der Waals surface area (Å²) in [6.45, 7) is 0. The molecule has 0 fully saturated rings. The number of carboxylic acids is 2. The number of carbonyl (C=O) groups excluding carboxylic acids is 3. The van der Waals surface area contributed by atoms with Crippen molar-refractivity contribution in [1.82, 2.24) is 0 Å². The van der Waals surface area contributed by atoms with Crippen molar-refractivity contribution in [1.29, 1.82) is 0 Å². The number of aromatic carboxylic acids is 2. The fourth-order valence-electron chi connectivity index (χ4n) is 2.02. The van der Waals surface area contributed by atoms with Crippen molar-refractivity contribution in [2.75, 3.05) is 5.32 Å². The minimum Gasteiger partial charge on any atom is -0.545 e. The number of nitro groups is 1. The molecule has 122 valence electrons. The maximum Gasteiger partial charge on any atom is 0.282 e. The molecule has 0 atom stereocenters. The lowest BCUT2D eigenvalue weighted by Gasteiger charge is -2.12. The monoisotopic (exact) mass is 328 g/mol. The van der Waals surface area contributed by atoms with Gasteiger partial charge in [0.15, 0.2) is 0 Å². The summed E-state index contributed by atoms with van der Waals surface area (Å²) in [7, 11) is 0. The minimum atomic E-state index is -1.76. The van der Waals surface area contributed by atoms with Crippen molar-refractivity contribution in [3.63, 3.8) is 0 Å². The van der Waals surface area contributed by atoms with Gasteiger partial charge in [0.2, 0.25) is 0 Å². The first-order valence-corrected chi connectivity index (χ1v) is 6.42. The van der Waals surface area contributed by atoms with Crippen LogP contribution >= 0.6 is 0 Å². The molecule has 2 rings (SSSR count). The number of carbonyl (C=O) groups is 3. The Morgan fingerprint density at radius 2 is 1.62 bits per heavy atom. The molecule has 1 N–H and O–H groups in total. The number of carboxylic acid groups (broad SMARTS) is 2. The van der Waals surface area contributed by atoms with Crippen LogP contribution in [0.4, 0.5) is 11.4 Å². The number of benzene rings is 2. The highest BCUT2D eigenvalue weighted by Crippen LogP contribution is 2.23. The zero-order chi connectivity index (χ0) is 17.9. The van der Waals surface area contributed by atoms with Gasteiger partial charge in [0, 0.05) is 17.3 Å². The number of nitrogens with one attached hydrogen (secondary N) is 1. The van der Waals surface area contributed by atoms with Crippen LogP contribution in [0.25, 0.3) is 0 Å². The Balaban J connectivity index is 2.46. The molecule has 0 aromatic heterocycles. The van der Waals surface area contributed by atoms with Crippen LogP contribution in [-0.4, -0.2) is 22.8 Å². The lowest BCUT2D eigenvalue weighted by Crippen LogP contribution is -2.27. The van der Waals surface area contributed by atoms with Gasteiger partial charge in [-0.3, -0.25) is 14.9 Å². The second kappa shape index (κ2) is 6.57. The first-order chi connectivity index (χ1) is 11.3. The van der Waals surface area contributed by atoms with Gasteiger partial charge in [0.25, 0.3) is 11.6 Å². The van der Waals surface area contributed by atoms with Gasteiger partial charge < -0.3 is 25.1 Å². The second-order valence-electron chi connectivity index (χ2n) is 4.57. The van der Waals surface area contributed by atoms with E-state index in [4.69, 9.17) is 0 Å². The summed E-state index contributed by atoms with van der Waals surface area (Å²) in [4.78, 5) is 44.3. The van der Waals surface area contributed by atoms with E-state index in [2.05, 4.69) is 5.32 Å². The maximum absolute atomic E-state index is 12.3. The van der Waals surface area contributed by atoms with Crippen LogP contribution in [0.15, 0.2) is 42.5 Å². The SMILES string of the molecule is O=C([O-])c1cccc(NC(=O)c2c(C(=O)[O-])cccc2[N+](=O)[O-])c1. The Bertz CT molecular complexity index is 828. The summed E-state index contributed by atoms with van der Waals surface area (Å²) in [6.07, 6.45) is 0. The number of anilines is 1. The van der Waals surface area contributed by atoms with Crippen molar-refractivity contribution in [2.45, 2.75) is 0 Å². The average molecular weight is 328 g/mol. The van der Waals surface area contributed by atoms with Crippen molar-refractivity contribution in [2.24, 2.45) is 0 Å². The van der Waals surface area contributed by atoms with Crippen LogP contribution in [0.2, 0.25) is 0 Å². The first kappa shape index (κ1) is 16.6. The highest BCUT2D eigenvalue weighted by Gasteiger charge is 2.24. The van der Waals surface area contributed by atoms with Crippen LogP contribution in [-0.2, 0) is 0 Å². The number of hydrogen-bond acceptors (Lipinski definition) is 7. The van der Waals surface area contributed by atoms with Crippen molar-refractivity contribution in [3.05, 3.63) is 69.3 Å². The molecule has 0 heterocycles. The molecule has 9 heteroatoms. The molecule has 0 aliphatic carbocycles. The summed E-state index contributed by atoms with van der Waals surface area (Å²) in [5.74, 6) is -4.32. The summed E-state index contributed by atoms with van der Waals surface area (Å²) in [5, 5.41) is 35.1. The molecular formula is C15H8N2O7-2. The maximum atomic E-state index is 12.3. The van der Waals surface area contributed by atoms with Gasteiger partial charge in [-0.25, -0.2) is 0 Å². The Morgan fingerprint density at radius 3 is 2.21 bits per heavy atom. The van der Waals surface area contributed by atoms with Gasteiger partial charge in [0.05, 0.1) is 16.9 Å². The molecule has 1 amide bonds. The molecule has 0 aliphatic heterocycles. The van der Waals surface area contributed by atoms with Crippen LogP contribution in [0.1, 0.15) is 31.1 Å². The summed E-state index contributed by atoms with van der Waals surface area (Å²) >= 11 is 0. The predicted octanol–water partition coefficient (Wildman–Crippen LogP) is -0.426. The number of hydrogen-bond donors (Lipinski definition) is 1. The van der Waals surface area contributed by atoms with Gasteiger partial charge in [-0.15, -0.1) is 0 Å². The van der Waals surface area contributed by atoms with Crippen molar-refractivity contribution in [3.8, 4) is 0 Å². The quantitative estimate of drug-likeness (QED) is 0.577. The molecule has 0 saturated heterocycles. The third-order valence-electron chi connectivity index (χ3n) is 3.04. The normalized spacial score (nSPS) is 10.0. The fraction of sp³-hybridized carbons (Fsp3) is 0. The zero-order valence-electron chi connectivity index (χ0n) is 11.8. The molecular weight excluding hydrogens is 320 g/mol. The van der Waals surface area contributed by atoms with E-state index in [0.717, 1.165) is 24.3 Å². The standard InChI is InChI=1S/C15H10N2O7/c18-13(16-9-4-1-3-8(7-9)14(19)20)12-10(15(21)22)5-2-6-11(12)17(23)24/h1-7H,(H,16,18)(H,19,20)(H,21,22)/p-2. The Labute approximate surface area is 134 Å². The zero-order valence-corrected chi connectivity index (χ0v) is 11.8. The Kier molecular flexibility index (Phi) is 4.55. The van der Waals surface area contributed by atoms with Crippen LogP contribution < -0.4 is 15.5 Å². The molecule has 0 bridgehead atoms. The summed E-state index contributed by atoms with van der Waals surface area (Å²) < 4.78 is 0. The van der Waals surface area contributed by atoms with Gasteiger partial charge in [0.1, 0.15) is 5.56 Å². The van der Waals surface area contributed by atoms with E-state index in [-0.39, 0.29) is 11.3 Å². The molecule has 24 heavy (non-hydrogen) atoms. The Morgan fingerprint density at radius 1 is 0.958 bits per heavy atom. The lowest BCUT2D eigenvalue weighted by molar-refractivity contribution is -0.385. The highest BCUT2D eigenvalue weighted by atomic mass is 16.6. The molecule has 2 aromatic carbocycles. The third-order valence-corrected chi connectivity index (χ3v) is 3.04. The third kappa shape index (κ3) is 3.35. The Hall–Kier alpha value is -3.75. The number of amides is 1. The molecule has 9 nitrogen and oxygen atoms in total. The molecule has 0 radical (unpaired) electrons. The van der Waals surface area contributed by atoms with E-state index >= 15 is 0 Å². The number of nitrogens with zero attached hydrogens (tertiary/aromatic N) is 1. The largest absolute Gasteiger partial charge is 0.545 e. The van der Waals surface area contributed by atoms with Crippen molar-refractivity contribution < 1.29 is 29.5 Å². The topological polar surface area (TPSA) is 152 Å². The second-order valence-corrected chi connectivity index (χ2v) is 4.57. The highest BCUT2D eigenvalue weighted by molar-refractivity contribution is 6.13. The fourth-order valence-corrected chi connectivity index (χ4v) is 2.02. The van der Waals surface area contributed by atoms with E-state index in [1.165, 1.54) is 18.2 Å². The molecule has 0 unspecified atom stereocenters. The lowest BCUT2D eigenvalue weighted by atomic mass is 10.0. The van der Waals surface area contributed by atoms with E-state index < -0.39 is 39.6 Å². The van der Waals surface area contributed by atoms with E-state index in [1.807, 2.05) is 0 Å². The van der Waals surface area contributed by atoms with Gasteiger partial charge in [-0.05, 0) is 17.7 Å². The van der Waals surface area contributed by atoms with Crippen molar-refractivity contribution >= 4 is 29.2 Å². The number of nitro benzene ring substituents is 1. The summed E-state index contributed by atoms with van der Waals surface area (Å²) in [5.41, 5.74) is -2.29. The molecule has 0 spiro atoms. The van der Waals surface area contributed by atoms with Gasteiger partial charge in [-0.1, -0.05) is 24.3 Å². The minimum absolute atomic E-state index is 0.00384. The van der Waals surface area contributed by atoms with Crippen LogP contribution in [0, 0.1) is 10.1 Å². The van der Waals surface area contributed by atoms with E-state index in [0.29, 0.717) is 0 Å². The average Bonchev–Trinajstić information content (AvgIpc) is 2.54. The van der Waals surface area contributed by atoms with E-state index in [9.17, 15) is 34.7 Å². The van der Waals surface area contributed by atoms with Crippen LogP contribution in [0.5, 0.6) is 0 Å². The van der Waals surface area contributed by atoms with Gasteiger partial charge in [-0.2, -0.15) is 0 Å².